The molecular weight excluding hydrogens is 711 g/mol. The van der Waals surface area contributed by atoms with Gasteiger partial charge in [0.15, 0.2) is 17.5 Å². The SMILES string of the molecule is C1=c2ccc3ccccc3c2=CCC1c1ccc2oc3cccc(-c4ccc(-c5nc(-c6ccccc6)nc(-c6cccc7c6oc6ccccc67)n5)cc4)c3c2c1. The fourth-order valence-corrected chi connectivity index (χ4v) is 8.83. The molecule has 3 heterocycles. The minimum atomic E-state index is 0.277. The Morgan fingerprint density at radius 1 is 0.448 bits per heavy atom. The van der Waals surface area contributed by atoms with Gasteiger partial charge in [-0.3, -0.25) is 0 Å². The molecule has 0 bridgehead atoms. The lowest BCUT2D eigenvalue weighted by atomic mass is 9.88. The molecule has 3 aromatic heterocycles. The lowest BCUT2D eigenvalue weighted by molar-refractivity contribution is 0.668. The summed E-state index contributed by atoms with van der Waals surface area (Å²) in [5.74, 6) is 2.04. The van der Waals surface area contributed by atoms with Gasteiger partial charge in [0, 0.05) is 38.6 Å². The third kappa shape index (κ3) is 5.28. The summed E-state index contributed by atoms with van der Waals surface area (Å²) < 4.78 is 12.9. The highest BCUT2D eigenvalue weighted by Crippen LogP contribution is 2.40. The van der Waals surface area contributed by atoms with E-state index in [4.69, 9.17) is 23.8 Å². The van der Waals surface area contributed by atoms with E-state index in [0.717, 1.165) is 78.1 Å². The third-order valence-corrected chi connectivity index (χ3v) is 11.7. The van der Waals surface area contributed by atoms with E-state index in [1.54, 1.807) is 0 Å². The molecule has 0 fully saturated rings. The number of furan rings is 2. The van der Waals surface area contributed by atoms with Gasteiger partial charge in [-0.25, -0.2) is 15.0 Å². The molecule has 0 saturated carbocycles. The first-order chi connectivity index (χ1) is 28.7. The molecule has 8 aromatic carbocycles. The van der Waals surface area contributed by atoms with Crippen LogP contribution in [0, 0.1) is 0 Å². The average molecular weight is 744 g/mol. The number of nitrogens with zero attached hydrogens (tertiary/aromatic N) is 3. The molecule has 1 aliphatic carbocycles. The second-order valence-corrected chi connectivity index (χ2v) is 15.1. The average Bonchev–Trinajstić information content (AvgIpc) is 3.87. The second-order valence-electron chi connectivity index (χ2n) is 15.1. The maximum atomic E-state index is 6.46. The predicted octanol–water partition coefficient (Wildman–Crippen LogP) is 12.2. The quantitative estimate of drug-likeness (QED) is 0.176. The van der Waals surface area contributed by atoms with Gasteiger partial charge in [-0.15, -0.1) is 0 Å². The van der Waals surface area contributed by atoms with Crippen molar-refractivity contribution in [2.45, 2.75) is 12.3 Å². The smallest absolute Gasteiger partial charge is 0.167 e. The molecule has 1 aliphatic rings. The number of rotatable bonds is 5. The molecule has 1 unspecified atom stereocenters. The molecule has 58 heavy (non-hydrogen) atoms. The summed E-state index contributed by atoms with van der Waals surface area (Å²) in [5.41, 5.74) is 9.49. The molecule has 11 aromatic rings. The lowest BCUT2D eigenvalue weighted by Gasteiger charge is -2.16. The Morgan fingerprint density at radius 3 is 2.00 bits per heavy atom. The predicted molar refractivity (Wildman–Crippen MR) is 236 cm³/mol. The lowest BCUT2D eigenvalue weighted by Crippen LogP contribution is -2.29. The van der Waals surface area contributed by atoms with Crippen molar-refractivity contribution in [1.29, 1.82) is 0 Å². The summed E-state index contributed by atoms with van der Waals surface area (Å²) in [6, 6.07) is 59.0. The largest absolute Gasteiger partial charge is 0.456 e. The fraction of sp³-hybridized carbons (Fsp3) is 0.0377. The van der Waals surface area contributed by atoms with Crippen LogP contribution in [-0.4, -0.2) is 15.0 Å². The van der Waals surface area contributed by atoms with E-state index in [1.165, 1.54) is 26.8 Å². The monoisotopic (exact) mass is 743 g/mol. The molecule has 0 amide bonds. The van der Waals surface area contributed by atoms with Crippen molar-refractivity contribution >= 4 is 66.8 Å². The molecule has 5 nitrogen and oxygen atoms in total. The van der Waals surface area contributed by atoms with Crippen molar-refractivity contribution in [2.75, 3.05) is 0 Å². The van der Waals surface area contributed by atoms with Crippen molar-refractivity contribution in [3.05, 3.63) is 186 Å². The zero-order valence-electron chi connectivity index (χ0n) is 31.3. The van der Waals surface area contributed by atoms with Gasteiger partial charge in [0.1, 0.15) is 22.3 Å². The van der Waals surface area contributed by atoms with E-state index in [0.29, 0.717) is 17.5 Å². The Balaban J connectivity index is 0.946. The molecule has 0 N–H and O–H groups in total. The Labute approximate surface area is 332 Å². The van der Waals surface area contributed by atoms with Crippen LogP contribution in [0.25, 0.3) is 112 Å². The minimum Gasteiger partial charge on any atom is -0.456 e. The highest BCUT2D eigenvalue weighted by atomic mass is 16.3. The van der Waals surface area contributed by atoms with Gasteiger partial charge < -0.3 is 8.83 Å². The molecule has 1 atom stereocenters. The Hall–Kier alpha value is -7.63. The summed E-state index contributed by atoms with van der Waals surface area (Å²) in [5, 5.41) is 9.56. The van der Waals surface area contributed by atoms with E-state index in [1.807, 2.05) is 60.7 Å². The third-order valence-electron chi connectivity index (χ3n) is 11.7. The van der Waals surface area contributed by atoms with Crippen LogP contribution in [0.4, 0.5) is 0 Å². The van der Waals surface area contributed by atoms with Gasteiger partial charge in [-0.05, 0) is 74.7 Å². The maximum absolute atomic E-state index is 6.46. The summed E-state index contributed by atoms with van der Waals surface area (Å²) in [4.78, 5) is 15.1. The Kier molecular flexibility index (Phi) is 7.29. The van der Waals surface area contributed by atoms with Crippen LogP contribution in [0.1, 0.15) is 17.9 Å². The van der Waals surface area contributed by atoms with Crippen molar-refractivity contribution in [2.24, 2.45) is 0 Å². The number of benzene rings is 8. The summed E-state index contributed by atoms with van der Waals surface area (Å²) in [6.45, 7) is 0. The van der Waals surface area contributed by atoms with Gasteiger partial charge in [-0.1, -0.05) is 152 Å². The van der Waals surface area contributed by atoms with Crippen LogP contribution in [0.3, 0.4) is 0 Å². The zero-order chi connectivity index (χ0) is 38.2. The van der Waals surface area contributed by atoms with Crippen molar-refractivity contribution in [3.8, 4) is 45.3 Å². The number of hydrogen-bond donors (Lipinski definition) is 0. The standard InChI is InChI=1S/C53H33N3O2/c1-2-11-34(12-3-1)51-54-52(56-53(55-51)44-17-8-16-43-42-14-6-7-18-46(42)58-50(43)44)35-23-20-33(21-24-35)41-15-9-19-48-49(41)45-31-37(27-29-47(45)57-48)36-26-28-40-38(30-36)25-22-32-10-4-5-13-39(32)40/h1-25,27-31,36H,26H2. The van der Waals surface area contributed by atoms with Gasteiger partial charge in [0.05, 0.1) is 5.56 Å². The van der Waals surface area contributed by atoms with Crippen LogP contribution in [-0.2, 0) is 0 Å². The second kappa shape index (κ2) is 13.0. The maximum Gasteiger partial charge on any atom is 0.167 e. The van der Waals surface area contributed by atoms with E-state index < -0.39 is 0 Å². The Morgan fingerprint density at radius 2 is 1.12 bits per heavy atom. The van der Waals surface area contributed by atoms with Gasteiger partial charge in [-0.2, -0.15) is 0 Å². The van der Waals surface area contributed by atoms with Crippen molar-refractivity contribution < 1.29 is 8.83 Å². The topological polar surface area (TPSA) is 65.0 Å². The van der Waals surface area contributed by atoms with E-state index in [-0.39, 0.29) is 5.92 Å². The summed E-state index contributed by atoms with van der Waals surface area (Å²) >= 11 is 0. The van der Waals surface area contributed by atoms with Crippen LogP contribution in [0.15, 0.2) is 179 Å². The highest BCUT2D eigenvalue weighted by Gasteiger charge is 2.20. The number of aromatic nitrogens is 3. The molecule has 0 spiro atoms. The number of para-hydroxylation sites is 2. The van der Waals surface area contributed by atoms with Gasteiger partial charge in [0.25, 0.3) is 0 Å². The summed E-state index contributed by atoms with van der Waals surface area (Å²) in [7, 11) is 0. The van der Waals surface area contributed by atoms with Crippen LogP contribution >= 0.6 is 0 Å². The van der Waals surface area contributed by atoms with E-state index in [2.05, 4.69) is 121 Å². The van der Waals surface area contributed by atoms with Crippen molar-refractivity contribution in [1.82, 2.24) is 15.0 Å². The fourth-order valence-electron chi connectivity index (χ4n) is 8.83. The Bertz CT molecular complexity index is 3550. The molecule has 12 rings (SSSR count). The minimum absolute atomic E-state index is 0.277. The van der Waals surface area contributed by atoms with Crippen LogP contribution < -0.4 is 10.4 Å². The molecule has 5 heteroatoms. The normalized spacial score (nSPS) is 13.9. The first kappa shape index (κ1) is 32.6. The molecule has 0 radical (unpaired) electrons. The van der Waals surface area contributed by atoms with Crippen LogP contribution in [0.5, 0.6) is 0 Å². The van der Waals surface area contributed by atoms with E-state index in [9.17, 15) is 0 Å². The molecule has 272 valence electrons. The molecule has 0 aliphatic heterocycles. The van der Waals surface area contributed by atoms with Crippen LogP contribution in [0.2, 0.25) is 0 Å². The van der Waals surface area contributed by atoms with Gasteiger partial charge in [0.2, 0.25) is 0 Å². The van der Waals surface area contributed by atoms with E-state index >= 15 is 0 Å². The molecular formula is C53H33N3O2. The first-order valence-corrected chi connectivity index (χ1v) is 19.7. The number of fused-ring (bicyclic) bond motifs is 9. The number of hydrogen-bond acceptors (Lipinski definition) is 5. The molecule has 0 saturated heterocycles. The zero-order valence-corrected chi connectivity index (χ0v) is 31.3. The first-order valence-electron chi connectivity index (χ1n) is 19.7. The summed E-state index contributed by atoms with van der Waals surface area (Å²) in [6.07, 6.45) is 5.79. The van der Waals surface area contributed by atoms with Crippen molar-refractivity contribution in [3.63, 3.8) is 0 Å². The highest BCUT2D eigenvalue weighted by molar-refractivity contribution is 6.13. The van der Waals surface area contributed by atoms with Gasteiger partial charge >= 0.3 is 0 Å².